The summed E-state index contributed by atoms with van der Waals surface area (Å²) in [4.78, 5) is 4.55. The molecular formula is C19H19N5O2S. The molecular weight excluding hydrogens is 362 g/mol. The van der Waals surface area contributed by atoms with Crippen molar-refractivity contribution in [3.8, 4) is 28.4 Å². The zero-order valence-corrected chi connectivity index (χ0v) is 15.9. The standard InChI is InChI=1S/C19H19N5O2S/c1-3-11-8-14(16(26)9-15(11)25)24-18(19(27)21-22-24)12-6-5-7-13-17(12)20-10-23(13)4-2/h5-10,25-27H,3-4H2,1-2H3. The molecule has 0 unspecified atom stereocenters. The minimum atomic E-state index is -0.0876. The lowest BCUT2D eigenvalue weighted by Gasteiger charge is -2.12. The number of phenolic OH excluding ortho intramolecular Hbond substituents is 2. The third-order valence-electron chi connectivity index (χ3n) is 4.68. The molecule has 27 heavy (non-hydrogen) atoms. The van der Waals surface area contributed by atoms with Crippen LogP contribution < -0.4 is 0 Å². The Bertz CT molecular complexity index is 1150. The Balaban J connectivity index is 1.99. The fraction of sp³-hybridized carbons (Fsp3) is 0.211. The monoisotopic (exact) mass is 381 g/mol. The van der Waals surface area contributed by atoms with E-state index in [2.05, 4.69) is 39.4 Å². The summed E-state index contributed by atoms with van der Waals surface area (Å²) in [5.74, 6) is -0.0363. The predicted octanol–water partition coefficient (Wildman–Crippen LogP) is 3.57. The van der Waals surface area contributed by atoms with Gasteiger partial charge in [0.05, 0.1) is 17.4 Å². The molecule has 4 aromatic rings. The largest absolute Gasteiger partial charge is 0.508 e. The maximum Gasteiger partial charge on any atom is 0.145 e. The lowest BCUT2D eigenvalue weighted by atomic mass is 10.1. The van der Waals surface area contributed by atoms with Crippen LogP contribution in [0.3, 0.4) is 0 Å². The maximum atomic E-state index is 10.4. The first-order valence-electron chi connectivity index (χ1n) is 8.69. The fourth-order valence-corrected chi connectivity index (χ4v) is 3.53. The van der Waals surface area contributed by atoms with Gasteiger partial charge in [0, 0.05) is 18.2 Å². The third-order valence-corrected chi connectivity index (χ3v) is 4.98. The number of thiol groups is 1. The average Bonchev–Trinajstić information content (AvgIpc) is 3.25. The average molecular weight is 381 g/mol. The topological polar surface area (TPSA) is 89.0 Å². The van der Waals surface area contributed by atoms with Crippen molar-refractivity contribution in [2.45, 2.75) is 31.8 Å². The van der Waals surface area contributed by atoms with Crippen molar-refractivity contribution in [1.82, 2.24) is 24.5 Å². The van der Waals surface area contributed by atoms with Crippen LogP contribution in [-0.4, -0.2) is 34.8 Å². The van der Waals surface area contributed by atoms with Crippen molar-refractivity contribution in [2.75, 3.05) is 0 Å². The zero-order valence-electron chi connectivity index (χ0n) is 15.0. The SMILES string of the molecule is CCc1cc(-n2nnc(S)c2-c2cccc3c2ncn3CC)c(O)cc1O. The van der Waals surface area contributed by atoms with Crippen molar-refractivity contribution in [2.24, 2.45) is 0 Å². The van der Waals surface area contributed by atoms with Crippen LogP contribution in [0, 0.1) is 0 Å². The summed E-state index contributed by atoms with van der Waals surface area (Å²) in [5.41, 5.74) is 4.40. The number of phenols is 2. The molecule has 0 amide bonds. The third kappa shape index (κ3) is 2.73. The van der Waals surface area contributed by atoms with E-state index in [1.165, 1.54) is 10.7 Å². The van der Waals surface area contributed by atoms with Crippen LogP contribution in [0.4, 0.5) is 0 Å². The van der Waals surface area contributed by atoms with Crippen molar-refractivity contribution in [1.29, 1.82) is 0 Å². The molecule has 0 radical (unpaired) electrons. The van der Waals surface area contributed by atoms with Gasteiger partial charge in [-0.3, -0.25) is 0 Å². The fourth-order valence-electron chi connectivity index (χ4n) is 3.27. The van der Waals surface area contributed by atoms with Crippen molar-refractivity contribution >= 4 is 23.7 Å². The first-order chi connectivity index (χ1) is 13.0. The van der Waals surface area contributed by atoms with E-state index in [-0.39, 0.29) is 11.5 Å². The number of aromatic nitrogens is 5. The summed E-state index contributed by atoms with van der Waals surface area (Å²) in [5, 5.41) is 29.1. The summed E-state index contributed by atoms with van der Waals surface area (Å²) in [6.07, 6.45) is 2.42. The van der Waals surface area contributed by atoms with E-state index in [0.717, 1.165) is 23.1 Å². The molecule has 2 aromatic carbocycles. The highest BCUT2D eigenvalue weighted by atomic mass is 32.1. The lowest BCUT2D eigenvalue weighted by molar-refractivity contribution is 0.443. The van der Waals surface area contributed by atoms with Gasteiger partial charge in [-0.05, 0) is 31.0 Å². The Hall–Kier alpha value is -3.00. The van der Waals surface area contributed by atoms with Crippen molar-refractivity contribution < 1.29 is 10.2 Å². The molecule has 7 nitrogen and oxygen atoms in total. The molecule has 0 atom stereocenters. The Morgan fingerprint density at radius 2 is 1.93 bits per heavy atom. The molecule has 2 aromatic heterocycles. The van der Waals surface area contributed by atoms with E-state index in [1.807, 2.05) is 25.1 Å². The molecule has 2 N–H and O–H groups in total. The molecule has 8 heteroatoms. The molecule has 0 saturated heterocycles. The summed E-state index contributed by atoms with van der Waals surface area (Å²) >= 11 is 4.48. The van der Waals surface area contributed by atoms with Crippen molar-refractivity contribution in [3.05, 3.63) is 42.2 Å². The van der Waals surface area contributed by atoms with E-state index in [4.69, 9.17) is 0 Å². The molecule has 0 aliphatic rings. The number of aryl methyl sites for hydroxylation is 2. The van der Waals surface area contributed by atoms with Crippen LogP contribution in [0.2, 0.25) is 0 Å². The van der Waals surface area contributed by atoms with Gasteiger partial charge in [0.25, 0.3) is 0 Å². The van der Waals surface area contributed by atoms with Crippen LogP contribution in [0.1, 0.15) is 19.4 Å². The molecule has 0 aliphatic heterocycles. The van der Waals surface area contributed by atoms with Crippen LogP contribution in [0.15, 0.2) is 41.7 Å². The number of imidazole rings is 1. The molecule has 138 valence electrons. The minimum Gasteiger partial charge on any atom is -0.508 e. The van der Waals surface area contributed by atoms with E-state index in [9.17, 15) is 10.2 Å². The second-order valence-electron chi connectivity index (χ2n) is 6.20. The van der Waals surface area contributed by atoms with Crippen molar-refractivity contribution in [3.63, 3.8) is 0 Å². The highest BCUT2D eigenvalue weighted by Crippen LogP contribution is 2.36. The highest BCUT2D eigenvalue weighted by molar-refractivity contribution is 7.80. The Morgan fingerprint density at radius 3 is 2.67 bits per heavy atom. The number of para-hydroxylation sites is 1. The minimum absolute atomic E-state index is 0.0512. The number of nitrogens with zero attached hydrogens (tertiary/aromatic N) is 5. The number of aromatic hydroxyl groups is 2. The van der Waals surface area contributed by atoms with E-state index < -0.39 is 0 Å². The first kappa shape index (κ1) is 17.4. The Morgan fingerprint density at radius 1 is 1.11 bits per heavy atom. The second kappa shape index (κ2) is 6.62. The predicted molar refractivity (Wildman–Crippen MR) is 106 cm³/mol. The van der Waals surface area contributed by atoms with Crippen LogP contribution in [0.25, 0.3) is 28.0 Å². The molecule has 0 saturated carbocycles. The zero-order chi connectivity index (χ0) is 19.1. The molecule has 0 spiro atoms. The normalized spacial score (nSPS) is 11.4. The quantitative estimate of drug-likeness (QED) is 0.470. The van der Waals surface area contributed by atoms with Gasteiger partial charge in [-0.25, -0.2) is 9.67 Å². The number of rotatable bonds is 4. The van der Waals surface area contributed by atoms with E-state index >= 15 is 0 Å². The summed E-state index contributed by atoms with van der Waals surface area (Å²) < 4.78 is 3.59. The number of benzene rings is 2. The van der Waals surface area contributed by atoms with Gasteiger partial charge in [0.15, 0.2) is 0 Å². The molecule has 0 fully saturated rings. The van der Waals surface area contributed by atoms with E-state index in [1.54, 1.807) is 12.4 Å². The van der Waals surface area contributed by atoms with Gasteiger partial charge < -0.3 is 14.8 Å². The number of hydrogen-bond acceptors (Lipinski definition) is 6. The summed E-state index contributed by atoms with van der Waals surface area (Å²) in [6.45, 7) is 4.80. The molecule has 2 heterocycles. The summed E-state index contributed by atoms with van der Waals surface area (Å²) in [6, 6.07) is 8.92. The molecule has 0 bridgehead atoms. The van der Waals surface area contributed by atoms with E-state index in [0.29, 0.717) is 28.4 Å². The summed E-state index contributed by atoms with van der Waals surface area (Å²) in [7, 11) is 0. The smallest absolute Gasteiger partial charge is 0.145 e. The van der Waals surface area contributed by atoms with Crippen LogP contribution in [-0.2, 0) is 13.0 Å². The van der Waals surface area contributed by atoms with Gasteiger partial charge in [0.1, 0.15) is 27.9 Å². The molecule has 0 aliphatic carbocycles. The van der Waals surface area contributed by atoms with Gasteiger partial charge in [-0.15, -0.1) is 17.7 Å². The van der Waals surface area contributed by atoms with Gasteiger partial charge in [0.2, 0.25) is 0 Å². The lowest BCUT2D eigenvalue weighted by Crippen LogP contribution is -2.02. The maximum absolute atomic E-state index is 10.4. The first-order valence-corrected chi connectivity index (χ1v) is 9.14. The highest BCUT2D eigenvalue weighted by Gasteiger charge is 2.21. The number of fused-ring (bicyclic) bond motifs is 1. The second-order valence-corrected chi connectivity index (χ2v) is 6.62. The van der Waals surface area contributed by atoms with Gasteiger partial charge in [-0.1, -0.05) is 24.3 Å². The number of hydrogen-bond donors (Lipinski definition) is 3. The Kier molecular flexibility index (Phi) is 4.27. The van der Waals surface area contributed by atoms with Gasteiger partial charge >= 0.3 is 0 Å². The van der Waals surface area contributed by atoms with Crippen LogP contribution in [0.5, 0.6) is 11.5 Å². The molecule has 4 rings (SSSR count). The van der Waals surface area contributed by atoms with Gasteiger partial charge in [-0.2, -0.15) is 0 Å². The Labute approximate surface area is 161 Å². The van der Waals surface area contributed by atoms with Crippen LogP contribution >= 0.6 is 12.6 Å².